The van der Waals surface area contributed by atoms with Gasteiger partial charge in [0.1, 0.15) is 0 Å². The summed E-state index contributed by atoms with van der Waals surface area (Å²) in [6.45, 7) is 0.770. The number of thiophene rings is 1. The van der Waals surface area contributed by atoms with Crippen molar-refractivity contribution < 1.29 is 8.42 Å². The fourth-order valence-electron chi connectivity index (χ4n) is 2.09. The van der Waals surface area contributed by atoms with E-state index in [0.717, 1.165) is 16.8 Å². The lowest BCUT2D eigenvalue weighted by atomic mass is 10.3. The van der Waals surface area contributed by atoms with Crippen LogP contribution in [0.2, 0.25) is 0 Å². The van der Waals surface area contributed by atoms with Crippen molar-refractivity contribution in [3.05, 3.63) is 20.8 Å². The fourth-order valence-corrected chi connectivity index (χ4v) is 5.24. The van der Waals surface area contributed by atoms with Gasteiger partial charge in [-0.25, -0.2) is 8.42 Å². The third kappa shape index (κ3) is 6.41. The van der Waals surface area contributed by atoms with Crippen LogP contribution in [0, 0.1) is 0 Å². The summed E-state index contributed by atoms with van der Waals surface area (Å²) in [5.74, 6) is 1.14. The molecule has 0 radical (unpaired) electrons. The van der Waals surface area contributed by atoms with Crippen LogP contribution in [0.1, 0.15) is 11.3 Å². The Kier molecular flexibility index (Phi) is 7.93. The summed E-state index contributed by atoms with van der Waals surface area (Å²) >= 11 is 5.16. The van der Waals surface area contributed by atoms with E-state index in [1.165, 1.54) is 4.88 Å². The molecule has 1 aromatic heterocycles. The highest BCUT2D eigenvalue weighted by atomic mass is 127. The molecule has 1 unspecified atom stereocenters. The van der Waals surface area contributed by atoms with Crippen LogP contribution in [0.15, 0.2) is 20.9 Å². The number of nitrogens with zero attached hydrogens (tertiary/aromatic N) is 1. The van der Waals surface area contributed by atoms with Crippen molar-refractivity contribution in [1.29, 1.82) is 0 Å². The second kappa shape index (κ2) is 8.68. The lowest BCUT2D eigenvalue weighted by Crippen LogP contribution is -2.44. The molecule has 2 N–H and O–H groups in total. The Morgan fingerprint density at radius 2 is 2.29 bits per heavy atom. The summed E-state index contributed by atoms with van der Waals surface area (Å²) in [4.78, 5) is 5.42. The molecule has 1 aromatic rings. The molecule has 9 heteroatoms. The maximum atomic E-state index is 11.4. The summed E-state index contributed by atoms with van der Waals surface area (Å²) < 4.78 is 23.9. The third-order valence-corrected chi connectivity index (χ3v) is 6.54. The second-order valence-corrected chi connectivity index (χ2v) is 9.48. The van der Waals surface area contributed by atoms with Crippen LogP contribution in [0.25, 0.3) is 0 Å². The fraction of sp³-hybridized carbons (Fsp3) is 0.583. The van der Waals surface area contributed by atoms with Gasteiger partial charge in [-0.3, -0.25) is 4.99 Å². The van der Waals surface area contributed by atoms with Crippen LogP contribution >= 0.6 is 51.2 Å². The maximum absolute atomic E-state index is 11.4. The Morgan fingerprint density at radius 1 is 1.52 bits per heavy atom. The van der Waals surface area contributed by atoms with E-state index in [-0.39, 0.29) is 41.5 Å². The van der Waals surface area contributed by atoms with Gasteiger partial charge in [0.15, 0.2) is 15.8 Å². The Labute approximate surface area is 155 Å². The standard InChI is InChI=1S/C12H18BrN3O2S2.HI/c1-14-12(16-9-5-7-20(17,18)8-9)15-6-4-10-2-3-11(13)19-10;/h2-3,9H,4-8H2,1H3,(H2,14,15,16);1H. The van der Waals surface area contributed by atoms with Gasteiger partial charge in [-0.05, 0) is 40.9 Å². The van der Waals surface area contributed by atoms with E-state index in [9.17, 15) is 8.42 Å². The first-order valence-corrected chi connectivity index (χ1v) is 9.83. The summed E-state index contributed by atoms with van der Waals surface area (Å²) in [5.41, 5.74) is 0. The highest BCUT2D eigenvalue weighted by Crippen LogP contribution is 2.22. The number of nitrogens with one attached hydrogen (secondary N) is 2. The number of rotatable bonds is 4. The summed E-state index contributed by atoms with van der Waals surface area (Å²) in [5, 5.41) is 6.38. The first-order chi connectivity index (χ1) is 9.48. The molecular weight excluding hydrogens is 489 g/mol. The Hall–Kier alpha value is 0.130. The zero-order chi connectivity index (χ0) is 14.6. The molecule has 2 rings (SSSR count). The average Bonchev–Trinajstić information content (AvgIpc) is 2.94. The topological polar surface area (TPSA) is 70.6 Å². The van der Waals surface area contributed by atoms with E-state index < -0.39 is 9.84 Å². The van der Waals surface area contributed by atoms with Crippen LogP contribution in [0.4, 0.5) is 0 Å². The number of aliphatic imine (C=N–C) groups is 1. The first-order valence-electron chi connectivity index (χ1n) is 6.40. The Morgan fingerprint density at radius 3 is 2.81 bits per heavy atom. The van der Waals surface area contributed by atoms with E-state index in [2.05, 4.69) is 37.6 Å². The van der Waals surface area contributed by atoms with Gasteiger partial charge in [0, 0.05) is 24.5 Å². The van der Waals surface area contributed by atoms with Gasteiger partial charge in [0.05, 0.1) is 15.3 Å². The number of guanidine groups is 1. The predicted molar refractivity (Wildman–Crippen MR) is 103 cm³/mol. The molecule has 1 fully saturated rings. The van der Waals surface area contributed by atoms with Crippen LogP contribution in [0.3, 0.4) is 0 Å². The molecule has 0 bridgehead atoms. The van der Waals surface area contributed by atoms with E-state index in [1.807, 2.05) is 6.07 Å². The van der Waals surface area contributed by atoms with Crippen molar-refractivity contribution >= 4 is 67.0 Å². The Balaban J connectivity index is 0.00000220. The van der Waals surface area contributed by atoms with Gasteiger partial charge in [-0.1, -0.05) is 0 Å². The zero-order valence-corrected chi connectivity index (χ0v) is 17.2. The van der Waals surface area contributed by atoms with Crippen LogP contribution < -0.4 is 10.6 Å². The van der Waals surface area contributed by atoms with E-state index >= 15 is 0 Å². The van der Waals surface area contributed by atoms with Crippen molar-refractivity contribution in [2.24, 2.45) is 4.99 Å². The summed E-state index contributed by atoms with van der Waals surface area (Å²) in [6.07, 6.45) is 1.57. The predicted octanol–water partition coefficient (Wildman–Crippen LogP) is 2.02. The molecule has 1 aliphatic heterocycles. The van der Waals surface area contributed by atoms with Crippen LogP contribution in [-0.4, -0.2) is 45.5 Å². The monoisotopic (exact) mass is 507 g/mol. The number of halogens is 2. The molecule has 0 amide bonds. The van der Waals surface area contributed by atoms with Gasteiger partial charge in [-0.2, -0.15) is 0 Å². The second-order valence-electron chi connectivity index (χ2n) is 4.70. The van der Waals surface area contributed by atoms with E-state index in [4.69, 9.17) is 0 Å². The molecule has 1 saturated heterocycles. The number of sulfone groups is 1. The average molecular weight is 508 g/mol. The highest BCUT2D eigenvalue weighted by Gasteiger charge is 2.28. The lowest BCUT2D eigenvalue weighted by molar-refractivity contribution is 0.599. The smallest absolute Gasteiger partial charge is 0.191 e. The SMILES string of the molecule is CN=C(NCCc1ccc(Br)s1)NC1CCS(=O)(=O)C1.I. The molecule has 5 nitrogen and oxygen atoms in total. The molecule has 0 spiro atoms. The van der Waals surface area contributed by atoms with Crippen molar-refractivity contribution in [1.82, 2.24) is 10.6 Å². The minimum Gasteiger partial charge on any atom is -0.356 e. The van der Waals surface area contributed by atoms with Crippen molar-refractivity contribution in [2.75, 3.05) is 25.1 Å². The van der Waals surface area contributed by atoms with E-state index in [0.29, 0.717) is 12.4 Å². The molecule has 1 aliphatic rings. The minimum atomic E-state index is -2.86. The first kappa shape index (κ1) is 19.2. The Bertz CT molecular complexity index is 589. The van der Waals surface area contributed by atoms with E-state index in [1.54, 1.807) is 18.4 Å². The van der Waals surface area contributed by atoms with Crippen molar-refractivity contribution in [2.45, 2.75) is 18.9 Å². The van der Waals surface area contributed by atoms with Crippen LogP contribution in [0.5, 0.6) is 0 Å². The van der Waals surface area contributed by atoms with Gasteiger partial charge in [0.2, 0.25) is 0 Å². The van der Waals surface area contributed by atoms with Gasteiger partial charge < -0.3 is 10.6 Å². The lowest BCUT2D eigenvalue weighted by Gasteiger charge is -2.15. The molecule has 120 valence electrons. The normalized spacial score (nSPS) is 20.9. The van der Waals surface area contributed by atoms with Gasteiger partial charge in [-0.15, -0.1) is 35.3 Å². The molecule has 21 heavy (non-hydrogen) atoms. The van der Waals surface area contributed by atoms with Gasteiger partial charge >= 0.3 is 0 Å². The molecular formula is C12H19BrIN3O2S2. The molecule has 0 aliphatic carbocycles. The molecule has 2 heterocycles. The summed E-state index contributed by atoms with van der Waals surface area (Å²) in [7, 11) is -1.16. The third-order valence-electron chi connectivity index (χ3n) is 3.09. The van der Waals surface area contributed by atoms with Crippen LogP contribution in [-0.2, 0) is 16.3 Å². The highest BCUT2D eigenvalue weighted by molar-refractivity contribution is 14.0. The summed E-state index contributed by atoms with van der Waals surface area (Å²) in [6, 6.07) is 4.11. The quantitative estimate of drug-likeness (QED) is 0.371. The molecule has 0 aromatic carbocycles. The maximum Gasteiger partial charge on any atom is 0.191 e. The molecule has 1 atom stereocenters. The molecule has 0 saturated carbocycles. The zero-order valence-electron chi connectivity index (χ0n) is 11.6. The minimum absolute atomic E-state index is 0. The van der Waals surface area contributed by atoms with Crippen molar-refractivity contribution in [3.8, 4) is 0 Å². The number of hydrogen-bond acceptors (Lipinski definition) is 4. The number of hydrogen-bond donors (Lipinski definition) is 2. The largest absolute Gasteiger partial charge is 0.356 e. The van der Waals surface area contributed by atoms with Gasteiger partial charge in [0.25, 0.3) is 0 Å². The van der Waals surface area contributed by atoms with Crippen molar-refractivity contribution in [3.63, 3.8) is 0 Å².